The maximum Gasteiger partial charge on any atom is -1.00 e. The Morgan fingerprint density at radius 2 is 0.489 bits per heavy atom. The van der Waals surface area contributed by atoms with Crippen LogP contribution in [0.5, 0.6) is 0 Å². The minimum atomic E-state index is 0. The minimum Gasteiger partial charge on any atom is -1.00 e. The Morgan fingerprint density at radius 1 is 0.278 bits per heavy atom. The molecule has 0 saturated heterocycles. The first-order valence-corrected chi connectivity index (χ1v) is 38.1. The molecule has 0 fully saturated rings. The zero-order valence-electron chi connectivity index (χ0n) is 51.8. The van der Waals surface area contributed by atoms with Crippen LogP contribution in [0.15, 0.2) is 267 Å². The Labute approximate surface area is 557 Å². The molecular weight excluding hydrogens is 1220 g/mol. The summed E-state index contributed by atoms with van der Waals surface area (Å²) in [7, 11) is 0. The number of halogens is 2. The Morgan fingerprint density at radius 3 is 0.722 bits per heavy atom. The Bertz CT molecular complexity index is 4460. The summed E-state index contributed by atoms with van der Waals surface area (Å²) < 4.78 is 0. The number of hydrogen-bond acceptors (Lipinski definition) is 0. The van der Waals surface area contributed by atoms with Gasteiger partial charge in [-0.3, -0.25) is 0 Å². The molecule has 0 amide bonds. The summed E-state index contributed by atoms with van der Waals surface area (Å²) in [5, 5.41) is 26.3. The molecule has 0 aliphatic rings. The molecule has 90 heavy (non-hydrogen) atoms. The van der Waals surface area contributed by atoms with Crippen LogP contribution in [-0.4, -0.2) is 5.43 Å². The van der Waals surface area contributed by atoms with Gasteiger partial charge in [-0.25, -0.2) is 0 Å². The van der Waals surface area contributed by atoms with Crippen LogP contribution < -0.4 is 24.8 Å². The monoisotopic (exact) mass is 1290 g/mol. The third-order valence-corrected chi connectivity index (χ3v) is 18.2. The van der Waals surface area contributed by atoms with Gasteiger partial charge in [0, 0.05) is 0 Å². The number of hydrogen-bond donors (Lipinski definition) is 0. The van der Waals surface area contributed by atoms with Crippen LogP contribution in [0.2, 0.25) is 13.1 Å². The van der Waals surface area contributed by atoms with Gasteiger partial charge in [-0.05, 0) is 146 Å². The molecule has 16 aromatic carbocycles. The van der Waals surface area contributed by atoms with Crippen molar-refractivity contribution in [1.82, 2.24) is 0 Å². The van der Waals surface area contributed by atoms with Crippen molar-refractivity contribution in [3.63, 3.8) is 0 Å². The van der Waals surface area contributed by atoms with Gasteiger partial charge in [0.15, 0.2) is 0 Å². The molecule has 16 aromatic rings. The molecule has 0 radical (unpaired) electrons. The van der Waals surface area contributed by atoms with Crippen molar-refractivity contribution in [3.8, 4) is 44.5 Å². The summed E-state index contributed by atoms with van der Waals surface area (Å²) >= 11 is 1.74. The maximum atomic E-state index is 2.49. The number of rotatable bonds is 12. The van der Waals surface area contributed by atoms with E-state index in [1.165, 1.54) is 202 Å². The second-order valence-electron chi connectivity index (χ2n) is 24.4. The summed E-state index contributed by atoms with van der Waals surface area (Å²) in [5.74, 6) is 0. The Hall–Kier alpha value is -7.94. The van der Waals surface area contributed by atoms with E-state index in [1.54, 1.807) is 23.3 Å². The molecule has 440 valence electrons. The first-order valence-electron chi connectivity index (χ1n) is 31.9. The van der Waals surface area contributed by atoms with Crippen LogP contribution in [0.3, 0.4) is 0 Å². The zero-order valence-corrected chi connectivity index (χ0v) is 56.8. The van der Waals surface area contributed by atoms with Gasteiger partial charge in [0.05, 0.1) is 0 Å². The van der Waals surface area contributed by atoms with E-state index in [0.717, 1.165) is 12.8 Å². The van der Waals surface area contributed by atoms with Crippen LogP contribution in [0.1, 0.15) is 63.5 Å². The standard InChI is InChI=1S/2C42H33.C2H6Si.2ClH.Zr/c2*1-2-3-4-13-28-24-39-37(41-33-18-9-5-14-29(33)26-30-15-6-10-19-34(30)41)22-23-38(40(39)25-28)42-35-20-11-7-16-31(35)27-32-17-8-12-21-36(32)42;1-3-2;;;/h2*5-12,14-27H,2-4,13H2,1H3;1-2H3;2*1H;/q2*-1;;;;+2/p-2. The van der Waals surface area contributed by atoms with E-state index in [1.807, 2.05) is 0 Å². The van der Waals surface area contributed by atoms with Crippen molar-refractivity contribution in [3.05, 3.63) is 278 Å². The normalized spacial score (nSPS) is 11.4. The molecule has 0 spiro atoms. The number of fused-ring (bicyclic) bond motifs is 10. The van der Waals surface area contributed by atoms with Crippen LogP contribution >= 0.6 is 0 Å². The van der Waals surface area contributed by atoms with E-state index in [-0.39, 0.29) is 30.2 Å². The molecule has 0 saturated carbocycles. The molecule has 4 heteroatoms. The predicted molar refractivity (Wildman–Crippen MR) is 385 cm³/mol. The molecule has 0 aliphatic heterocycles. The second kappa shape index (κ2) is 27.7. The Balaban J connectivity index is 0.000000161. The first kappa shape index (κ1) is 62.3. The van der Waals surface area contributed by atoms with Crippen molar-refractivity contribution in [2.45, 2.75) is 78.3 Å². The molecule has 0 heterocycles. The topological polar surface area (TPSA) is 0 Å². The zero-order chi connectivity index (χ0) is 59.7. The minimum absolute atomic E-state index is 0. The van der Waals surface area contributed by atoms with Crippen LogP contribution in [-0.2, 0) is 36.2 Å². The van der Waals surface area contributed by atoms with Gasteiger partial charge in [0.2, 0.25) is 0 Å². The number of unbranched alkanes of at least 4 members (excludes halogenated alkanes) is 4. The van der Waals surface area contributed by atoms with Crippen LogP contribution in [0, 0.1) is 0 Å². The van der Waals surface area contributed by atoms with E-state index in [0.29, 0.717) is 0 Å². The van der Waals surface area contributed by atoms with Gasteiger partial charge in [-0.2, -0.15) is 12.1 Å². The van der Waals surface area contributed by atoms with Gasteiger partial charge >= 0.3 is 41.9 Å². The maximum absolute atomic E-state index is 2.49. The molecule has 0 atom stereocenters. The first-order chi connectivity index (χ1) is 43.3. The van der Waals surface area contributed by atoms with Gasteiger partial charge < -0.3 is 24.8 Å². The van der Waals surface area contributed by atoms with E-state index in [9.17, 15) is 0 Å². The number of aryl methyl sites for hydroxylation is 2. The van der Waals surface area contributed by atoms with Crippen LogP contribution in [0.4, 0.5) is 0 Å². The van der Waals surface area contributed by atoms with Crippen LogP contribution in [0.25, 0.3) is 152 Å². The van der Waals surface area contributed by atoms with Crippen molar-refractivity contribution in [2.75, 3.05) is 0 Å². The summed E-state index contributed by atoms with van der Waals surface area (Å²) in [6.07, 6.45) is 9.70. The van der Waals surface area contributed by atoms with E-state index in [4.69, 9.17) is 0 Å². The predicted octanol–water partition coefficient (Wildman–Crippen LogP) is 19.3. The summed E-state index contributed by atoms with van der Waals surface area (Å²) in [6, 6.07) is 99.9. The molecular formula is C86H72Cl2SiZr-2. The fourth-order valence-electron chi connectivity index (χ4n) is 14.3. The summed E-state index contributed by atoms with van der Waals surface area (Å²) in [6.45, 7) is 9.19. The van der Waals surface area contributed by atoms with E-state index < -0.39 is 0 Å². The van der Waals surface area contributed by atoms with Crippen molar-refractivity contribution >= 4 is 113 Å². The van der Waals surface area contributed by atoms with Crippen molar-refractivity contribution in [2.24, 2.45) is 0 Å². The molecule has 0 bridgehead atoms. The fraction of sp³-hybridized carbons (Fsp3) is 0.140. The molecule has 16 rings (SSSR count). The van der Waals surface area contributed by atoms with Gasteiger partial charge in [0.1, 0.15) is 0 Å². The number of benzene rings is 14. The van der Waals surface area contributed by atoms with Crippen molar-refractivity contribution < 1.29 is 48.1 Å². The molecule has 0 aromatic heterocycles. The third kappa shape index (κ3) is 12.0. The van der Waals surface area contributed by atoms with Gasteiger partial charge in [-0.1, -0.05) is 293 Å². The average molecular weight is 1300 g/mol. The fourth-order valence-corrected chi connectivity index (χ4v) is 14.3. The van der Waals surface area contributed by atoms with Gasteiger partial charge in [0.25, 0.3) is 0 Å². The van der Waals surface area contributed by atoms with Crippen molar-refractivity contribution in [1.29, 1.82) is 0 Å². The second-order valence-corrected chi connectivity index (χ2v) is 33.8. The average Bonchev–Trinajstić information content (AvgIpc) is 1.32. The third-order valence-electron chi connectivity index (χ3n) is 18.2. The molecule has 0 aliphatic carbocycles. The van der Waals surface area contributed by atoms with E-state index >= 15 is 0 Å². The largest absolute Gasteiger partial charge is 1.00 e. The molecule has 0 N–H and O–H groups in total. The smallest absolute Gasteiger partial charge is 1.00 e. The van der Waals surface area contributed by atoms with E-state index in [2.05, 4.69) is 294 Å². The Kier molecular flexibility index (Phi) is 19.1. The quantitative estimate of drug-likeness (QED) is 0.0495. The SMILES string of the molecule is CCCCCc1cc2c(-c3c4ccccc4cc4ccccc34)ccc(-c3c4ccccc4cc4ccccc34)c2[cH-]1.CCCCCc1cc2c(-c3c4ccccc4cc4ccccc34)ccc(-c3c4ccccc4cc4ccccc34)c2[cH-]1.C[Si](C)=[Zr+2].[Cl-].[Cl-]. The van der Waals surface area contributed by atoms with Gasteiger partial charge in [-0.15, -0.1) is 44.8 Å². The summed E-state index contributed by atoms with van der Waals surface area (Å²) in [5.41, 5.74) is 13.8. The summed E-state index contributed by atoms with van der Waals surface area (Å²) in [4.78, 5) is 0. The molecule has 0 nitrogen and oxygen atoms in total. The molecule has 0 unspecified atom stereocenters.